The second kappa shape index (κ2) is 20.3. The Balaban J connectivity index is 0.000000286. The Morgan fingerprint density at radius 1 is 0.889 bits per heavy atom. The average Bonchev–Trinajstić information content (AvgIpc) is 3.83. The number of nitrogens with zero attached hydrogens (tertiary/aromatic N) is 7. The highest BCUT2D eigenvalue weighted by Gasteiger charge is 2.40. The van der Waals surface area contributed by atoms with Crippen LogP contribution in [0.4, 0.5) is 37.8 Å². The third-order valence-electron chi connectivity index (χ3n) is 10.3. The molecule has 21 heteroatoms. The minimum Gasteiger partial charge on any atom is -0.481 e. The summed E-state index contributed by atoms with van der Waals surface area (Å²) in [6.07, 6.45) is -1.13. The Labute approximate surface area is 358 Å². The van der Waals surface area contributed by atoms with Gasteiger partial charge in [-0.2, -0.15) is 36.4 Å². The smallest absolute Gasteiger partial charge is 0.433 e. The third kappa shape index (κ3) is 12.3. The zero-order valence-corrected chi connectivity index (χ0v) is 34.8. The van der Waals surface area contributed by atoms with Crippen LogP contribution in [0.15, 0.2) is 83.7 Å². The van der Waals surface area contributed by atoms with Gasteiger partial charge in [0.2, 0.25) is 0 Å². The van der Waals surface area contributed by atoms with E-state index in [9.17, 15) is 40.7 Å². The van der Waals surface area contributed by atoms with Gasteiger partial charge in [0, 0.05) is 56.9 Å². The van der Waals surface area contributed by atoms with Gasteiger partial charge in [0.05, 0.1) is 31.4 Å². The molecule has 1 aromatic carbocycles. The maximum absolute atomic E-state index is 13.3. The summed E-state index contributed by atoms with van der Waals surface area (Å²) in [5.41, 5.74) is 0.559. The zero-order valence-electron chi connectivity index (χ0n) is 34.8. The first-order chi connectivity index (χ1) is 29.7. The second-order valence-corrected chi connectivity index (χ2v) is 15.0. The topological polar surface area (TPSA) is 181 Å². The highest BCUT2D eigenvalue weighted by Crippen LogP contribution is 2.39. The molecule has 1 saturated carbocycles. The van der Waals surface area contributed by atoms with Crippen LogP contribution in [-0.4, -0.2) is 99.9 Å². The molecule has 6 rings (SSSR count). The first kappa shape index (κ1) is 47.9. The van der Waals surface area contributed by atoms with Gasteiger partial charge in [-0.05, 0) is 61.2 Å². The summed E-state index contributed by atoms with van der Waals surface area (Å²) < 4.78 is 89.3. The lowest BCUT2D eigenvalue weighted by Gasteiger charge is -2.32. The number of rotatable bonds is 15. The highest BCUT2D eigenvalue weighted by molar-refractivity contribution is 6.21. The molecule has 2 unspecified atom stereocenters. The van der Waals surface area contributed by atoms with Crippen molar-refractivity contribution in [2.45, 2.75) is 63.5 Å². The van der Waals surface area contributed by atoms with Gasteiger partial charge < -0.3 is 29.9 Å². The van der Waals surface area contributed by atoms with E-state index in [2.05, 4.69) is 25.5 Å². The van der Waals surface area contributed by atoms with Gasteiger partial charge >= 0.3 is 24.3 Å². The molecule has 0 saturated heterocycles. The molecule has 338 valence electrons. The van der Waals surface area contributed by atoms with Crippen molar-refractivity contribution in [1.82, 2.24) is 29.2 Å². The highest BCUT2D eigenvalue weighted by atomic mass is 19.4. The summed E-state index contributed by atoms with van der Waals surface area (Å²) in [7, 11) is 5.91. The van der Waals surface area contributed by atoms with Gasteiger partial charge in [-0.3, -0.25) is 9.59 Å². The van der Waals surface area contributed by atoms with E-state index in [1.165, 1.54) is 61.3 Å². The van der Waals surface area contributed by atoms with Crippen molar-refractivity contribution in [1.29, 1.82) is 0 Å². The number of hydrogen-bond donors (Lipinski definition) is 3. The number of carbonyl (C=O) groups excluding carboxylic acids is 1. The number of anilines is 1. The molecule has 4 heterocycles. The molecule has 3 N–H and O–H groups in total. The molecule has 4 aromatic rings. The Bertz CT molecular complexity index is 2310. The minimum absolute atomic E-state index is 0.0420. The van der Waals surface area contributed by atoms with Gasteiger partial charge in [-0.25, -0.2) is 14.5 Å². The fourth-order valence-electron chi connectivity index (χ4n) is 7.18. The van der Waals surface area contributed by atoms with Crippen LogP contribution in [0.1, 0.15) is 77.6 Å². The minimum atomic E-state index is -4.59. The van der Waals surface area contributed by atoms with Crippen LogP contribution in [-0.2, 0) is 38.0 Å². The SMILES string of the molecule is COCC1=N[N+](C)(c2cccc(C(F)(F)F)n2)C=C1C(=O)O.COCc1nn(-c2cccc(C(F)(F)F)n2)cc1C(Nc1ccc(C(=O)N(C)CCC(=O)O)cc1)C1CCCCC1. The van der Waals surface area contributed by atoms with Crippen LogP contribution in [0.25, 0.3) is 5.82 Å². The summed E-state index contributed by atoms with van der Waals surface area (Å²) in [5, 5.41) is 30.3. The molecule has 63 heavy (non-hydrogen) atoms. The number of carboxylic acids is 2. The number of alkyl halides is 6. The summed E-state index contributed by atoms with van der Waals surface area (Å²) >= 11 is 0. The van der Waals surface area contributed by atoms with Crippen LogP contribution >= 0.6 is 0 Å². The van der Waals surface area contributed by atoms with Crippen LogP contribution in [0.2, 0.25) is 0 Å². The van der Waals surface area contributed by atoms with Crippen molar-refractivity contribution in [3.8, 4) is 5.82 Å². The Kier molecular flexibility index (Phi) is 15.4. The number of nitrogens with one attached hydrogen (secondary N) is 1. The molecule has 0 radical (unpaired) electrons. The van der Waals surface area contributed by atoms with Crippen LogP contribution < -0.4 is 9.91 Å². The van der Waals surface area contributed by atoms with Crippen LogP contribution in [0.3, 0.4) is 0 Å². The first-order valence-corrected chi connectivity index (χ1v) is 19.7. The van der Waals surface area contributed by atoms with Crippen molar-refractivity contribution < 1.29 is 60.4 Å². The van der Waals surface area contributed by atoms with Crippen molar-refractivity contribution in [2.75, 3.05) is 46.8 Å². The van der Waals surface area contributed by atoms with Crippen molar-refractivity contribution in [3.05, 3.63) is 107 Å². The Hall–Kier alpha value is -6.19. The van der Waals surface area contributed by atoms with E-state index in [1.807, 2.05) is 0 Å². The van der Waals surface area contributed by atoms with Gasteiger partial charge in [0.25, 0.3) is 11.7 Å². The standard InChI is InChI=1S/C29H34F3N5O4.C13H12F3N3O3/c1-36(16-15-26(38)39)28(40)20-11-13-21(14-12-20)33-27(19-7-4-3-5-8-19)22-17-37(35-23(22)18-41-2)25-10-6-9-24(34-25)29(30,31)32;1-19(6-8(12(20)21)9(18-19)7-22-2)11-5-3-4-10(17-11)13(14,15)16/h6,9-14,17,19,27,33H,3-5,7-8,15-16,18H2,1-2H3,(H,38,39);3-6H,7H2,1-2H3/p+1. The lowest BCUT2D eigenvalue weighted by Crippen LogP contribution is -2.32. The van der Waals surface area contributed by atoms with E-state index in [0.717, 1.165) is 55.5 Å². The summed E-state index contributed by atoms with van der Waals surface area (Å²) in [6, 6.07) is 13.9. The van der Waals surface area contributed by atoms with Crippen molar-refractivity contribution in [3.63, 3.8) is 0 Å². The van der Waals surface area contributed by atoms with Gasteiger partial charge in [0.1, 0.15) is 30.2 Å². The van der Waals surface area contributed by atoms with E-state index in [4.69, 9.17) is 19.7 Å². The Morgan fingerprint density at radius 3 is 2.10 bits per heavy atom. The number of quaternary nitrogens is 1. The predicted octanol–water partition coefficient (Wildman–Crippen LogP) is 7.73. The number of benzene rings is 1. The molecular weight excluding hydrogens is 842 g/mol. The van der Waals surface area contributed by atoms with Gasteiger partial charge in [-0.1, -0.05) is 36.5 Å². The molecule has 1 aliphatic heterocycles. The quantitative estimate of drug-likeness (QED) is 0.0785. The number of aliphatic carboxylic acids is 2. The second-order valence-electron chi connectivity index (χ2n) is 15.0. The molecule has 0 spiro atoms. The molecule has 3 aromatic heterocycles. The Morgan fingerprint density at radius 2 is 1.51 bits per heavy atom. The fraction of sp³-hybridized carbons (Fsp3) is 0.405. The molecule has 1 amide bonds. The number of hydrogen-bond acceptors (Lipinski definition) is 10. The molecule has 15 nitrogen and oxygen atoms in total. The molecular formula is C42H47F6N8O7+. The molecule has 1 fully saturated rings. The number of methoxy groups -OCH3 is 2. The summed E-state index contributed by atoms with van der Waals surface area (Å²) in [6.45, 7) is 0.207. The van der Waals surface area contributed by atoms with Crippen molar-refractivity contribution >= 4 is 35.1 Å². The number of ether oxygens (including phenoxy) is 2. The number of halogens is 6. The van der Waals surface area contributed by atoms with E-state index >= 15 is 0 Å². The normalized spacial score (nSPS) is 17.2. The molecule has 2 atom stereocenters. The number of pyridine rings is 2. The number of carboxylic acid groups (broad SMARTS) is 2. The average molecular weight is 890 g/mol. The number of aromatic nitrogens is 4. The van der Waals surface area contributed by atoms with Gasteiger partial charge in [0.15, 0.2) is 11.5 Å². The number of amides is 1. The largest absolute Gasteiger partial charge is 0.481 e. The fourth-order valence-corrected chi connectivity index (χ4v) is 7.18. The monoisotopic (exact) mass is 889 g/mol. The van der Waals surface area contributed by atoms with E-state index in [1.54, 1.807) is 37.5 Å². The van der Waals surface area contributed by atoms with Crippen LogP contribution in [0, 0.1) is 5.92 Å². The molecule has 1 aliphatic carbocycles. The number of carbonyl (C=O) groups is 3. The summed E-state index contributed by atoms with van der Waals surface area (Å²) in [4.78, 5) is 43.5. The first-order valence-electron chi connectivity index (χ1n) is 19.7. The van der Waals surface area contributed by atoms with Crippen LogP contribution in [0.5, 0.6) is 0 Å². The molecule has 0 bridgehead atoms. The lowest BCUT2D eigenvalue weighted by atomic mass is 9.81. The predicted molar refractivity (Wildman–Crippen MR) is 218 cm³/mol. The zero-order chi connectivity index (χ0) is 46.1. The van der Waals surface area contributed by atoms with Crippen molar-refractivity contribution in [2.24, 2.45) is 11.0 Å². The lowest BCUT2D eigenvalue weighted by molar-refractivity contribution is -0.142. The third-order valence-corrected chi connectivity index (χ3v) is 10.3. The summed E-state index contributed by atoms with van der Waals surface area (Å²) in [5.74, 6) is -2.23. The maximum atomic E-state index is 13.3. The van der Waals surface area contributed by atoms with E-state index in [-0.39, 0.29) is 67.0 Å². The van der Waals surface area contributed by atoms with Gasteiger partial charge in [-0.15, -0.1) is 4.59 Å². The molecule has 2 aliphatic rings. The maximum Gasteiger partial charge on any atom is 0.433 e. The van der Waals surface area contributed by atoms with E-state index < -0.39 is 40.3 Å². The van der Waals surface area contributed by atoms with E-state index in [0.29, 0.717) is 11.3 Å².